The van der Waals surface area contributed by atoms with E-state index >= 15 is 0 Å². The summed E-state index contributed by atoms with van der Waals surface area (Å²) in [7, 11) is 0. The number of hydrogen-bond donors (Lipinski definition) is 0. The van der Waals surface area contributed by atoms with E-state index in [0.717, 1.165) is 25.0 Å². The minimum absolute atomic E-state index is 0.430. The van der Waals surface area contributed by atoms with Crippen molar-refractivity contribution in [2.24, 2.45) is 0 Å². The highest BCUT2D eigenvalue weighted by Gasteiger charge is 2.16. The summed E-state index contributed by atoms with van der Waals surface area (Å²) in [6.45, 7) is 2.17. The molecule has 1 nitrogen and oxygen atoms in total. The smallest absolute Gasteiger partial charge is 0.122 e. The quantitative estimate of drug-likeness (QED) is 0.615. The van der Waals surface area contributed by atoms with Crippen molar-refractivity contribution in [1.82, 2.24) is 0 Å². The van der Waals surface area contributed by atoms with E-state index in [1.54, 1.807) is 0 Å². The molecule has 0 spiro atoms. The number of fused-ring (bicyclic) bond motifs is 1. The van der Waals surface area contributed by atoms with Crippen LogP contribution in [0.4, 0.5) is 0 Å². The molecule has 1 heterocycles. The van der Waals surface area contributed by atoms with Gasteiger partial charge >= 0.3 is 0 Å². The van der Waals surface area contributed by atoms with Crippen LogP contribution in [0, 0.1) is 6.07 Å². The van der Waals surface area contributed by atoms with Crippen LogP contribution in [0.15, 0.2) is 18.2 Å². The van der Waals surface area contributed by atoms with Crippen molar-refractivity contribution in [2.75, 3.05) is 0 Å². The van der Waals surface area contributed by atoms with Gasteiger partial charge in [-0.25, -0.2) is 0 Å². The SMILES string of the molecule is CCC1CCc2c[c]ccc2O1. The van der Waals surface area contributed by atoms with Crippen LogP contribution in [0.25, 0.3) is 0 Å². The van der Waals surface area contributed by atoms with Crippen LogP contribution in [0.5, 0.6) is 5.75 Å². The van der Waals surface area contributed by atoms with Gasteiger partial charge in [0.15, 0.2) is 0 Å². The van der Waals surface area contributed by atoms with Crippen molar-refractivity contribution in [2.45, 2.75) is 32.3 Å². The molecule has 0 N–H and O–H groups in total. The van der Waals surface area contributed by atoms with Crippen molar-refractivity contribution in [3.8, 4) is 5.75 Å². The third-order valence-corrected chi connectivity index (χ3v) is 2.39. The van der Waals surface area contributed by atoms with Gasteiger partial charge in [0.05, 0.1) is 6.10 Å². The average Bonchev–Trinajstić information content (AvgIpc) is 2.17. The summed E-state index contributed by atoms with van der Waals surface area (Å²) in [4.78, 5) is 0. The lowest BCUT2D eigenvalue weighted by molar-refractivity contribution is 0.169. The molecule has 2 rings (SSSR count). The zero-order chi connectivity index (χ0) is 8.39. The molecule has 1 aromatic rings. The van der Waals surface area contributed by atoms with E-state index in [-0.39, 0.29) is 0 Å². The third kappa shape index (κ3) is 1.31. The number of rotatable bonds is 1. The molecule has 0 amide bonds. The van der Waals surface area contributed by atoms with E-state index in [2.05, 4.69) is 13.0 Å². The lowest BCUT2D eigenvalue weighted by Crippen LogP contribution is -2.21. The Balaban J connectivity index is 2.23. The zero-order valence-electron chi connectivity index (χ0n) is 7.34. The second-order valence-electron chi connectivity index (χ2n) is 3.22. The minimum Gasteiger partial charge on any atom is -0.490 e. The van der Waals surface area contributed by atoms with Crippen LogP contribution in [0.1, 0.15) is 25.3 Å². The molecule has 12 heavy (non-hydrogen) atoms. The van der Waals surface area contributed by atoms with Crippen LogP contribution in [-0.2, 0) is 6.42 Å². The molecule has 1 aliphatic rings. The van der Waals surface area contributed by atoms with Crippen molar-refractivity contribution < 1.29 is 4.74 Å². The van der Waals surface area contributed by atoms with Crippen LogP contribution >= 0.6 is 0 Å². The molecule has 1 unspecified atom stereocenters. The Kier molecular flexibility index (Phi) is 2.03. The molecule has 1 heteroatoms. The van der Waals surface area contributed by atoms with E-state index in [1.807, 2.05) is 18.2 Å². The number of benzene rings is 1. The second-order valence-corrected chi connectivity index (χ2v) is 3.22. The Hall–Kier alpha value is -0.980. The van der Waals surface area contributed by atoms with Gasteiger partial charge in [-0.1, -0.05) is 13.0 Å². The van der Waals surface area contributed by atoms with Crippen LogP contribution in [0.3, 0.4) is 0 Å². The lowest BCUT2D eigenvalue weighted by Gasteiger charge is -2.24. The topological polar surface area (TPSA) is 9.23 Å². The van der Waals surface area contributed by atoms with E-state index in [4.69, 9.17) is 4.74 Å². The number of hydrogen-bond acceptors (Lipinski definition) is 1. The summed E-state index contributed by atoms with van der Waals surface area (Å²) in [5, 5.41) is 0. The van der Waals surface area contributed by atoms with E-state index in [9.17, 15) is 0 Å². The molecular formula is C11H13O. The molecule has 0 saturated heterocycles. The molecule has 1 aliphatic heterocycles. The minimum atomic E-state index is 0.430. The molecule has 1 aromatic carbocycles. The first-order valence-electron chi connectivity index (χ1n) is 4.56. The van der Waals surface area contributed by atoms with E-state index in [0.29, 0.717) is 6.10 Å². The maximum atomic E-state index is 5.76. The average molecular weight is 161 g/mol. The van der Waals surface area contributed by atoms with Crippen LogP contribution in [-0.4, -0.2) is 6.10 Å². The molecule has 0 aromatic heterocycles. The highest BCUT2D eigenvalue weighted by molar-refractivity contribution is 5.34. The summed E-state index contributed by atoms with van der Waals surface area (Å²) in [6.07, 6.45) is 3.84. The summed E-state index contributed by atoms with van der Waals surface area (Å²) >= 11 is 0. The molecule has 63 valence electrons. The molecular weight excluding hydrogens is 148 g/mol. The summed E-state index contributed by atoms with van der Waals surface area (Å²) < 4.78 is 5.76. The Morgan fingerprint density at radius 1 is 1.67 bits per heavy atom. The molecule has 0 aliphatic carbocycles. The molecule has 0 bridgehead atoms. The molecule has 1 atom stereocenters. The number of ether oxygens (including phenoxy) is 1. The third-order valence-electron chi connectivity index (χ3n) is 2.39. The maximum absolute atomic E-state index is 5.76. The Labute approximate surface area is 73.4 Å². The second kappa shape index (κ2) is 3.18. The summed E-state index contributed by atoms with van der Waals surface area (Å²) in [6, 6.07) is 9.03. The predicted octanol–water partition coefficient (Wildman–Crippen LogP) is 2.59. The number of aryl methyl sites for hydroxylation is 1. The van der Waals surface area contributed by atoms with E-state index in [1.165, 1.54) is 5.56 Å². The highest BCUT2D eigenvalue weighted by Crippen LogP contribution is 2.27. The van der Waals surface area contributed by atoms with Gasteiger partial charge in [0.25, 0.3) is 0 Å². The van der Waals surface area contributed by atoms with Gasteiger partial charge in [-0.15, -0.1) is 0 Å². The van der Waals surface area contributed by atoms with Crippen molar-refractivity contribution in [1.29, 1.82) is 0 Å². The fourth-order valence-electron chi connectivity index (χ4n) is 1.60. The standard InChI is InChI=1S/C11H13O/c1-2-10-8-7-9-5-3-4-6-11(9)12-10/h4-6,10H,2,7-8H2,1H3. The molecule has 0 saturated carbocycles. The fourth-order valence-corrected chi connectivity index (χ4v) is 1.60. The lowest BCUT2D eigenvalue weighted by atomic mass is 10.0. The molecule has 1 radical (unpaired) electrons. The van der Waals surface area contributed by atoms with E-state index < -0.39 is 0 Å². The predicted molar refractivity (Wildman–Crippen MR) is 48.3 cm³/mol. The van der Waals surface area contributed by atoms with Gasteiger partial charge in [0.2, 0.25) is 0 Å². The monoisotopic (exact) mass is 161 g/mol. The van der Waals surface area contributed by atoms with Crippen LogP contribution < -0.4 is 4.74 Å². The fraction of sp³-hybridized carbons (Fsp3) is 0.455. The van der Waals surface area contributed by atoms with Crippen molar-refractivity contribution in [3.05, 3.63) is 29.8 Å². The van der Waals surface area contributed by atoms with Gasteiger partial charge in [-0.05, 0) is 43.0 Å². The van der Waals surface area contributed by atoms with Gasteiger partial charge < -0.3 is 4.74 Å². The zero-order valence-corrected chi connectivity index (χ0v) is 7.34. The Morgan fingerprint density at radius 3 is 3.42 bits per heavy atom. The largest absolute Gasteiger partial charge is 0.490 e. The van der Waals surface area contributed by atoms with Gasteiger partial charge in [-0.2, -0.15) is 0 Å². The van der Waals surface area contributed by atoms with Crippen LogP contribution in [0.2, 0.25) is 0 Å². The van der Waals surface area contributed by atoms with Crippen molar-refractivity contribution >= 4 is 0 Å². The molecule has 0 fully saturated rings. The summed E-state index contributed by atoms with van der Waals surface area (Å²) in [5.41, 5.74) is 1.31. The first-order valence-corrected chi connectivity index (χ1v) is 4.56. The normalized spacial score (nSPS) is 21.2. The maximum Gasteiger partial charge on any atom is 0.122 e. The first-order chi connectivity index (χ1) is 5.90. The van der Waals surface area contributed by atoms with Gasteiger partial charge in [0.1, 0.15) is 5.75 Å². The van der Waals surface area contributed by atoms with Gasteiger partial charge in [0, 0.05) is 0 Å². The van der Waals surface area contributed by atoms with Crippen molar-refractivity contribution in [3.63, 3.8) is 0 Å². The summed E-state index contributed by atoms with van der Waals surface area (Å²) in [5.74, 6) is 1.06. The Morgan fingerprint density at radius 2 is 2.58 bits per heavy atom. The first kappa shape index (κ1) is 7.66. The van der Waals surface area contributed by atoms with Gasteiger partial charge in [-0.3, -0.25) is 0 Å². The Bertz CT molecular complexity index is 267. The highest BCUT2D eigenvalue weighted by atomic mass is 16.5.